The average molecular weight is 190 g/mol. The van der Waals surface area contributed by atoms with Crippen molar-refractivity contribution in [3.8, 4) is 0 Å². The third kappa shape index (κ3) is 4.21. The average Bonchev–Trinajstić information content (AvgIpc) is 2.02. The van der Waals surface area contributed by atoms with E-state index >= 15 is 0 Å². The zero-order chi connectivity index (χ0) is 10.6. The van der Waals surface area contributed by atoms with Crippen molar-refractivity contribution in [1.82, 2.24) is 0 Å². The molecule has 0 aromatic heterocycles. The van der Waals surface area contributed by atoms with Gasteiger partial charge in [-0.25, -0.2) is 0 Å². The van der Waals surface area contributed by atoms with E-state index in [0.29, 0.717) is 0 Å². The number of aliphatic hydroxyl groups excluding tert-OH is 1. The van der Waals surface area contributed by atoms with Crippen molar-refractivity contribution >= 4 is 5.97 Å². The molecule has 2 atom stereocenters. The summed E-state index contributed by atoms with van der Waals surface area (Å²) >= 11 is 0. The van der Waals surface area contributed by atoms with Gasteiger partial charge in [0.1, 0.15) is 11.6 Å². The van der Waals surface area contributed by atoms with E-state index in [9.17, 15) is 4.79 Å². The van der Waals surface area contributed by atoms with Crippen LogP contribution in [0.1, 0.15) is 20.8 Å². The molecule has 0 rings (SSSR count). The van der Waals surface area contributed by atoms with Gasteiger partial charge >= 0.3 is 5.97 Å². The number of hydrogen-bond acceptors (Lipinski definition) is 5. The number of carbonyl (C=O) groups excluding carboxylic acids is 1. The minimum absolute atomic E-state index is 0.214. The molecule has 0 aliphatic carbocycles. The van der Waals surface area contributed by atoms with Crippen molar-refractivity contribution in [2.75, 3.05) is 6.54 Å². The Morgan fingerprint density at radius 2 is 2.08 bits per heavy atom. The molecule has 0 saturated heterocycles. The molecule has 5 heteroatoms. The van der Waals surface area contributed by atoms with Crippen LogP contribution in [0.2, 0.25) is 0 Å². The van der Waals surface area contributed by atoms with Gasteiger partial charge in [0.05, 0.1) is 6.10 Å². The molecule has 13 heavy (non-hydrogen) atoms. The molecular formula is C8H18N2O3. The summed E-state index contributed by atoms with van der Waals surface area (Å²) < 4.78 is 4.96. The molecular weight excluding hydrogens is 172 g/mol. The van der Waals surface area contributed by atoms with Gasteiger partial charge < -0.3 is 21.3 Å². The molecule has 0 bridgehead atoms. The largest absolute Gasteiger partial charge is 0.457 e. The first kappa shape index (κ1) is 12.3. The highest BCUT2D eigenvalue weighted by atomic mass is 16.6. The Balaban J connectivity index is 4.15. The third-order valence-electron chi connectivity index (χ3n) is 1.66. The lowest BCUT2D eigenvalue weighted by molar-refractivity contribution is -0.159. The van der Waals surface area contributed by atoms with E-state index < -0.39 is 23.7 Å². The first-order chi connectivity index (χ1) is 5.80. The Labute approximate surface area is 78.0 Å². The normalized spacial score (nSPS) is 16.5. The van der Waals surface area contributed by atoms with Crippen molar-refractivity contribution in [3.63, 3.8) is 0 Å². The van der Waals surface area contributed by atoms with Crippen LogP contribution in [-0.2, 0) is 9.53 Å². The fourth-order valence-electron chi connectivity index (χ4n) is 0.579. The van der Waals surface area contributed by atoms with Crippen LogP contribution >= 0.6 is 0 Å². The second-order valence-corrected chi connectivity index (χ2v) is 3.65. The van der Waals surface area contributed by atoms with Crippen LogP contribution in [0.15, 0.2) is 0 Å². The summed E-state index contributed by atoms with van der Waals surface area (Å²) in [5, 5.41) is 9.00. The fourth-order valence-corrected chi connectivity index (χ4v) is 0.579. The van der Waals surface area contributed by atoms with Gasteiger partial charge in [0.15, 0.2) is 0 Å². The van der Waals surface area contributed by atoms with Crippen molar-refractivity contribution in [3.05, 3.63) is 0 Å². The Kier molecular flexibility index (Phi) is 4.32. The predicted molar refractivity (Wildman–Crippen MR) is 48.9 cm³/mol. The van der Waals surface area contributed by atoms with Crippen LogP contribution in [0.3, 0.4) is 0 Å². The van der Waals surface area contributed by atoms with Gasteiger partial charge in [-0.05, 0) is 20.8 Å². The summed E-state index contributed by atoms with van der Waals surface area (Å²) in [5.41, 5.74) is 9.97. The van der Waals surface area contributed by atoms with Gasteiger partial charge in [-0.3, -0.25) is 4.79 Å². The predicted octanol–water partition coefficient (Wildman–Crippen LogP) is -1.02. The molecule has 0 aromatic carbocycles. The molecule has 0 heterocycles. The number of hydrogen-bond donors (Lipinski definition) is 3. The maximum Gasteiger partial charge on any atom is 0.326 e. The molecule has 0 radical (unpaired) electrons. The van der Waals surface area contributed by atoms with Gasteiger partial charge in [-0.1, -0.05) is 0 Å². The maximum atomic E-state index is 11.2. The van der Waals surface area contributed by atoms with E-state index in [1.807, 2.05) is 0 Å². The zero-order valence-corrected chi connectivity index (χ0v) is 8.28. The topological polar surface area (TPSA) is 98.6 Å². The fraction of sp³-hybridized carbons (Fsp3) is 0.875. The van der Waals surface area contributed by atoms with Crippen LogP contribution in [0.5, 0.6) is 0 Å². The van der Waals surface area contributed by atoms with E-state index in [0.717, 1.165) is 0 Å². The first-order valence-corrected chi connectivity index (χ1v) is 4.17. The quantitative estimate of drug-likeness (QED) is 0.493. The van der Waals surface area contributed by atoms with Gasteiger partial charge in [-0.2, -0.15) is 0 Å². The highest BCUT2D eigenvalue weighted by Gasteiger charge is 2.27. The van der Waals surface area contributed by atoms with Gasteiger partial charge in [-0.15, -0.1) is 0 Å². The Hall–Kier alpha value is -0.650. The molecule has 0 spiro atoms. The first-order valence-electron chi connectivity index (χ1n) is 4.17. The van der Waals surface area contributed by atoms with E-state index in [-0.39, 0.29) is 6.54 Å². The van der Waals surface area contributed by atoms with Crippen LogP contribution in [-0.4, -0.2) is 35.4 Å². The van der Waals surface area contributed by atoms with Crippen molar-refractivity contribution in [2.24, 2.45) is 11.5 Å². The third-order valence-corrected chi connectivity index (χ3v) is 1.66. The number of aliphatic hydroxyl groups is 1. The van der Waals surface area contributed by atoms with Gasteiger partial charge in [0, 0.05) is 6.54 Å². The highest BCUT2D eigenvalue weighted by Crippen LogP contribution is 2.08. The Bertz CT molecular complexity index is 180. The van der Waals surface area contributed by atoms with Gasteiger partial charge in [0.25, 0.3) is 0 Å². The van der Waals surface area contributed by atoms with Crippen LogP contribution < -0.4 is 11.5 Å². The highest BCUT2D eigenvalue weighted by molar-refractivity contribution is 5.76. The minimum Gasteiger partial charge on any atom is -0.457 e. The summed E-state index contributed by atoms with van der Waals surface area (Å²) in [4.78, 5) is 11.2. The Morgan fingerprint density at radius 3 is 2.38 bits per heavy atom. The second kappa shape index (κ2) is 4.55. The van der Waals surface area contributed by atoms with Crippen molar-refractivity contribution in [1.29, 1.82) is 0 Å². The number of esters is 1. The standard InChI is InChI=1S/C8H18N2O3/c1-5(11)6(10)7(12)13-8(2,3)4-9/h5-6,11H,4,9-10H2,1-3H3/t5-,6+/m1/s1. The van der Waals surface area contributed by atoms with E-state index in [1.54, 1.807) is 13.8 Å². The molecule has 0 aliphatic heterocycles. The Morgan fingerprint density at radius 1 is 1.62 bits per heavy atom. The molecule has 78 valence electrons. The molecule has 0 unspecified atom stereocenters. The lowest BCUT2D eigenvalue weighted by Gasteiger charge is -2.25. The summed E-state index contributed by atoms with van der Waals surface area (Å²) in [7, 11) is 0. The molecule has 5 nitrogen and oxygen atoms in total. The van der Waals surface area contributed by atoms with Crippen LogP contribution in [0, 0.1) is 0 Å². The SMILES string of the molecule is C[C@@H](O)[C@H](N)C(=O)OC(C)(C)CN. The van der Waals surface area contributed by atoms with Crippen molar-refractivity contribution in [2.45, 2.75) is 38.5 Å². The zero-order valence-electron chi connectivity index (χ0n) is 8.28. The lowest BCUT2D eigenvalue weighted by Crippen LogP contribution is -2.46. The lowest BCUT2D eigenvalue weighted by atomic mass is 10.1. The second-order valence-electron chi connectivity index (χ2n) is 3.65. The summed E-state index contributed by atoms with van der Waals surface area (Å²) in [6.45, 7) is 5.01. The summed E-state index contributed by atoms with van der Waals surface area (Å²) in [6, 6.07) is -1.01. The smallest absolute Gasteiger partial charge is 0.326 e. The number of rotatable bonds is 4. The minimum atomic E-state index is -1.01. The summed E-state index contributed by atoms with van der Waals surface area (Å²) in [6.07, 6.45) is -0.916. The maximum absolute atomic E-state index is 11.2. The molecule has 0 saturated carbocycles. The van der Waals surface area contributed by atoms with E-state index in [4.69, 9.17) is 21.3 Å². The van der Waals surface area contributed by atoms with E-state index in [2.05, 4.69) is 0 Å². The van der Waals surface area contributed by atoms with Gasteiger partial charge in [0.2, 0.25) is 0 Å². The molecule has 0 amide bonds. The van der Waals surface area contributed by atoms with Crippen molar-refractivity contribution < 1.29 is 14.6 Å². The number of carbonyl (C=O) groups is 1. The molecule has 5 N–H and O–H groups in total. The molecule has 0 aliphatic rings. The number of nitrogens with two attached hydrogens (primary N) is 2. The van der Waals surface area contributed by atoms with Crippen LogP contribution in [0.4, 0.5) is 0 Å². The summed E-state index contributed by atoms with van der Waals surface area (Å²) in [5.74, 6) is -0.634. The van der Waals surface area contributed by atoms with E-state index in [1.165, 1.54) is 6.92 Å². The monoisotopic (exact) mass is 190 g/mol. The molecule has 0 aromatic rings. The number of ether oxygens (including phenoxy) is 1. The molecule has 0 fully saturated rings. The van der Waals surface area contributed by atoms with Crippen LogP contribution in [0.25, 0.3) is 0 Å².